The van der Waals surface area contributed by atoms with Crippen molar-refractivity contribution in [1.29, 1.82) is 0 Å². The minimum atomic E-state index is -0.321. The summed E-state index contributed by atoms with van der Waals surface area (Å²) in [5.74, 6) is 1.21. The summed E-state index contributed by atoms with van der Waals surface area (Å²) in [4.78, 5) is 24.1. The molecule has 1 atom stereocenters. The predicted octanol–water partition coefficient (Wildman–Crippen LogP) is 3.16. The van der Waals surface area contributed by atoms with Crippen molar-refractivity contribution in [2.75, 3.05) is 12.4 Å². The highest BCUT2D eigenvalue weighted by Crippen LogP contribution is 2.18. The zero-order chi connectivity index (χ0) is 17.1. The molecule has 24 heavy (non-hydrogen) atoms. The number of urea groups is 1. The first kappa shape index (κ1) is 15.8. The molecule has 2 heterocycles. The Morgan fingerprint density at radius 2 is 2.00 bits per heavy atom. The number of carbonyl (C=O) groups is 1. The molecule has 7 heteroatoms. The van der Waals surface area contributed by atoms with Crippen LogP contribution in [-0.2, 0) is 0 Å². The fourth-order valence-corrected chi connectivity index (χ4v) is 2.38. The Kier molecular flexibility index (Phi) is 4.33. The summed E-state index contributed by atoms with van der Waals surface area (Å²) in [6.07, 6.45) is 0. The van der Waals surface area contributed by atoms with Gasteiger partial charge < -0.3 is 20.4 Å². The van der Waals surface area contributed by atoms with Crippen LogP contribution in [0.2, 0.25) is 0 Å². The van der Waals surface area contributed by atoms with Gasteiger partial charge in [-0.25, -0.2) is 14.8 Å². The van der Waals surface area contributed by atoms with Gasteiger partial charge in [0.15, 0.2) is 0 Å². The van der Waals surface area contributed by atoms with E-state index in [0.29, 0.717) is 23.1 Å². The Morgan fingerprint density at radius 1 is 1.21 bits per heavy atom. The fourth-order valence-electron chi connectivity index (χ4n) is 2.38. The van der Waals surface area contributed by atoms with Crippen LogP contribution in [0.15, 0.2) is 36.4 Å². The summed E-state index contributed by atoms with van der Waals surface area (Å²) in [5, 5.41) is 5.64. The third-order valence-corrected chi connectivity index (χ3v) is 3.68. The number of aromatic amines is 1. The van der Waals surface area contributed by atoms with E-state index in [0.717, 1.165) is 11.0 Å². The van der Waals surface area contributed by atoms with E-state index in [1.807, 2.05) is 31.2 Å². The summed E-state index contributed by atoms with van der Waals surface area (Å²) < 4.78 is 5.05. The molecule has 0 aliphatic carbocycles. The van der Waals surface area contributed by atoms with E-state index in [9.17, 15) is 4.79 Å². The van der Waals surface area contributed by atoms with Crippen LogP contribution in [0.5, 0.6) is 5.88 Å². The second-order valence-corrected chi connectivity index (χ2v) is 5.45. The van der Waals surface area contributed by atoms with E-state index < -0.39 is 0 Å². The van der Waals surface area contributed by atoms with Crippen molar-refractivity contribution in [3.63, 3.8) is 0 Å². The second-order valence-electron chi connectivity index (χ2n) is 5.45. The molecule has 0 saturated carbocycles. The van der Waals surface area contributed by atoms with Crippen LogP contribution < -0.4 is 15.4 Å². The topological polar surface area (TPSA) is 91.9 Å². The average Bonchev–Trinajstić information content (AvgIpc) is 3.01. The number of para-hydroxylation sites is 2. The molecule has 3 aromatic rings. The number of H-pyrrole nitrogens is 1. The minimum Gasteiger partial charge on any atom is -0.481 e. The van der Waals surface area contributed by atoms with Crippen LogP contribution in [-0.4, -0.2) is 28.1 Å². The Labute approximate surface area is 139 Å². The number of hydrogen-bond donors (Lipinski definition) is 3. The van der Waals surface area contributed by atoms with Gasteiger partial charge in [-0.2, -0.15) is 0 Å². The largest absolute Gasteiger partial charge is 0.481 e. The maximum atomic E-state index is 12.2. The number of fused-ring (bicyclic) bond motifs is 1. The first-order valence-corrected chi connectivity index (χ1v) is 7.60. The lowest BCUT2D eigenvalue weighted by Gasteiger charge is -2.14. The van der Waals surface area contributed by atoms with Crippen LogP contribution in [0.25, 0.3) is 11.0 Å². The Balaban J connectivity index is 1.67. The number of benzene rings is 1. The number of amides is 2. The van der Waals surface area contributed by atoms with Gasteiger partial charge in [-0.3, -0.25) is 0 Å². The van der Waals surface area contributed by atoms with Crippen LogP contribution in [0.3, 0.4) is 0 Å². The lowest BCUT2D eigenvalue weighted by Crippen LogP contribution is -2.32. The van der Waals surface area contributed by atoms with E-state index >= 15 is 0 Å². The molecule has 0 spiro atoms. The maximum absolute atomic E-state index is 12.2. The molecule has 3 N–H and O–H groups in total. The number of pyridine rings is 1. The molecular weight excluding hydrogens is 306 g/mol. The SMILES string of the molecule is COc1ccc(NC(=O)N[C@@H](C)c2nc3ccccc3[nH]2)c(C)n1. The summed E-state index contributed by atoms with van der Waals surface area (Å²) in [6.45, 7) is 3.68. The monoisotopic (exact) mass is 325 g/mol. The van der Waals surface area contributed by atoms with E-state index in [1.54, 1.807) is 26.2 Å². The third kappa shape index (κ3) is 3.29. The van der Waals surface area contributed by atoms with E-state index in [1.165, 1.54) is 0 Å². The highest BCUT2D eigenvalue weighted by Gasteiger charge is 2.14. The molecule has 0 radical (unpaired) electrons. The number of aromatic nitrogens is 3. The number of nitrogens with one attached hydrogen (secondary N) is 3. The molecule has 2 aromatic heterocycles. The molecular formula is C17H19N5O2. The van der Waals surface area contributed by atoms with Crippen molar-refractivity contribution in [2.45, 2.75) is 19.9 Å². The standard InChI is InChI=1S/C17H19N5O2/c1-10-12(8-9-15(18-10)24-3)22-17(23)19-11(2)16-20-13-6-4-5-7-14(13)21-16/h4-9,11H,1-3H3,(H,20,21)(H2,19,22,23)/t11-/m0/s1. The lowest BCUT2D eigenvalue weighted by molar-refractivity contribution is 0.249. The van der Waals surface area contributed by atoms with Gasteiger partial charge in [0.2, 0.25) is 5.88 Å². The summed E-state index contributed by atoms with van der Waals surface area (Å²) in [5.41, 5.74) is 3.12. The number of methoxy groups -OCH3 is 1. The third-order valence-electron chi connectivity index (χ3n) is 3.68. The number of imidazole rings is 1. The smallest absolute Gasteiger partial charge is 0.319 e. The number of nitrogens with zero attached hydrogens (tertiary/aromatic N) is 2. The molecule has 0 aliphatic heterocycles. The van der Waals surface area contributed by atoms with Gasteiger partial charge in [-0.15, -0.1) is 0 Å². The highest BCUT2D eigenvalue weighted by atomic mass is 16.5. The van der Waals surface area contributed by atoms with Gasteiger partial charge in [0, 0.05) is 6.07 Å². The number of rotatable bonds is 4. The normalized spacial score (nSPS) is 12.0. The van der Waals surface area contributed by atoms with Crippen LogP contribution in [0.1, 0.15) is 24.5 Å². The summed E-state index contributed by atoms with van der Waals surface area (Å²) in [7, 11) is 1.55. The lowest BCUT2D eigenvalue weighted by atomic mass is 10.3. The Morgan fingerprint density at radius 3 is 2.71 bits per heavy atom. The minimum absolute atomic E-state index is 0.260. The highest BCUT2D eigenvalue weighted by molar-refractivity contribution is 5.90. The zero-order valence-electron chi connectivity index (χ0n) is 13.8. The van der Waals surface area contributed by atoms with E-state index in [2.05, 4.69) is 25.6 Å². The van der Waals surface area contributed by atoms with Crippen molar-refractivity contribution in [2.24, 2.45) is 0 Å². The molecule has 0 fully saturated rings. The van der Waals surface area contributed by atoms with Gasteiger partial charge in [0.25, 0.3) is 0 Å². The molecule has 0 aliphatic rings. The van der Waals surface area contributed by atoms with Gasteiger partial charge >= 0.3 is 6.03 Å². The summed E-state index contributed by atoms with van der Waals surface area (Å²) in [6, 6.07) is 10.6. The zero-order valence-corrected chi connectivity index (χ0v) is 13.8. The van der Waals surface area contributed by atoms with Gasteiger partial charge in [0.05, 0.1) is 35.6 Å². The number of anilines is 1. The Bertz CT molecular complexity index is 841. The van der Waals surface area contributed by atoms with Crippen molar-refractivity contribution >= 4 is 22.8 Å². The predicted molar refractivity (Wildman–Crippen MR) is 92.2 cm³/mol. The van der Waals surface area contributed by atoms with Gasteiger partial charge in [0.1, 0.15) is 5.82 Å². The second kappa shape index (κ2) is 6.57. The quantitative estimate of drug-likeness (QED) is 0.687. The van der Waals surface area contributed by atoms with Crippen LogP contribution >= 0.6 is 0 Å². The molecule has 0 unspecified atom stereocenters. The Hall–Kier alpha value is -3.09. The van der Waals surface area contributed by atoms with Crippen molar-refractivity contribution in [3.05, 3.63) is 47.9 Å². The van der Waals surface area contributed by atoms with Gasteiger partial charge in [-0.1, -0.05) is 12.1 Å². The van der Waals surface area contributed by atoms with Crippen molar-refractivity contribution in [1.82, 2.24) is 20.3 Å². The average molecular weight is 325 g/mol. The maximum Gasteiger partial charge on any atom is 0.319 e. The van der Waals surface area contributed by atoms with E-state index in [-0.39, 0.29) is 12.1 Å². The molecule has 1 aromatic carbocycles. The van der Waals surface area contributed by atoms with Crippen LogP contribution in [0.4, 0.5) is 10.5 Å². The first-order valence-electron chi connectivity index (χ1n) is 7.60. The number of hydrogen-bond acceptors (Lipinski definition) is 4. The molecule has 7 nitrogen and oxygen atoms in total. The fraction of sp³-hybridized carbons (Fsp3) is 0.235. The first-order chi connectivity index (χ1) is 11.6. The van der Waals surface area contributed by atoms with Crippen LogP contribution in [0, 0.1) is 6.92 Å². The van der Waals surface area contributed by atoms with Crippen molar-refractivity contribution < 1.29 is 9.53 Å². The molecule has 0 bridgehead atoms. The molecule has 2 amide bonds. The number of carbonyl (C=O) groups excluding carboxylic acids is 1. The van der Waals surface area contributed by atoms with Gasteiger partial charge in [-0.05, 0) is 32.0 Å². The van der Waals surface area contributed by atoms with E-state index in [4.69, 9.17) is 4.74 Å². The molecule has 0 saturated heterocycles. The number of aryl methyl sites for hydroxylation is 1. The van der Waals surface area contributed by atoms with Crippen molar-refractivity contribution in [3.8, 4) is 5.88 Å². The number of ether oxygens (including phenoxy) is 1. The molecule has 124 valence electrons. The molecule has 3 rings (SSSR count). The summed E-state index contributed by atoms with van der Waals surface area (Å²) >= 11 is 0.